The lowest BCUT2D eigenvalue weighted by molar-refractivity contribution is -0.138. The van der Waals surface area contributed by atoms with Crippen LogP contribution in [0.3, 0.4) is 0 Å². The van der Waals surface area contributed by atoms with Crippen LogP contribution >= 0.6 is 0 Å². The SMILES string of the molecule is Cc1ccc(-c2cc(C(=O)N3CCC4(CCCCc5ccccc5O[C@H](C)C(=O)N(C)C4)CC3)nn2C)cc1. The van der Waals surface area contributed by atoms with E-state index in [-0.39, 0.29) is 17.2 Å². The summed E-state index contributed by atoms with van der Waals surface area (Å²) in [6.45, 7) is 5.93. The van der Waals surface area contributed by atoms with Crippen molar-refractivity contribution in [3.8, 4) is 17.0 Å². The highest BCUT2D eigenvalue weighted by Crippen LogP contribution is 2.39. The van der Waals surface area contributed by atoms with Crippen LogP contribution in [-0.2, 0) is 18.3 Å². The van der Waals surface area contributed by atoms with Crippen molar-refractivity contribution >= 4 is 11.8 Å². The van der Waals surface area contributed by atoms with Crippen LogP contribution in [0.2, 0.25) is 0 Å². The molecule has 7 nitrogen and oxygen atoms in total. The topological polar surface area (TPSA) is 67.7 Å². The maximum absolute atomic E-state index is 13.5. The first kappa shape index (κ1) is 27.0. The molecule has 1 spiro atoms. The summed E-state index contributed by atoms with van der Waals surface area (Å²) in [4.78, 5) is 30.5. The van der Waals surface area contributed by atoms with Crippen LogP contribution in [0.4, 0.5) is 0 Å². The van der Waals surface area contributed by atoms with E-state index in [0.29, 0.717) is 25.3 Å². The summed E-state index contributed by atoms with van der Waals surface area (Å²) in [5, 5.41) is 4.57. The zero-order chi connectivity index (χ0) is 27.6. The molecule has 1 fully saturated rings. The number of hydrogen-bond donors (Lipinski definition) is 0. The van der Waals surface area contributed by atoms with E-state index in [2.05, 4.69) is 42.4 Å². The molecule has 1 atom stereocenters. The van der Waals surface area contributed by atoms with Gasteiger partial charge in [0.1, 0.15) is 5.75 Å². The van der Waals surface area contributed by atoms with Gasteiger partial charge in [0.25, 0.3) is 11.8 Å². The summed E-state index contributed by atoms with van der Waals surface area (Å²) in [6.07, 6.45) is 5.36. The van der Waals surface area contributed by atoms with Crippen molar-refractivity contribution in [2.75, 3.05) is 26.7 Å². The average molecular weight is 529 g/mol. The smallest absolute Gasteiger partial charge is 0.274 e. The maximum atomic E-state index is 13.5. The number of carbonyl (C=O) groups is 2. The number of fused-ring (bicyclic) bond motifs is 1. The molecular weight excluding hydrogens is 488 g/mol. The average Bonchev–Trinajstić information content (AvgIpc) is 3.33. The van der Waals surface area contributed by atoms with Crippen molar-refractivity contribution in [1.29, 1.82) is 0 Å². The molecule has 5 rings (SSSR count). The number of aryl methyl sites for hydroxylation is 3. The molecule has 7 heteroatoms. The largest absolute Gasteiger partial charge is 0.481 e. The molecule has 3 heterocycles. The Morgan fingerprint density at radius 3 is 2.46 bits per heavy atom. The molecule has 2 aliphatic heterocycles. The second kappa shape index (κ2) is 11.2. The highest BCUT2D eigenvalue weighted by molar-refractivity contribution is 5.93. The third-order valence-corrected chi connectivity index (χ3v) is 8.53. The van der Waals surface area contributed by atoms with E-state index in [0.717, 1.165) is 61.1 Å². The van der Waals surface area contributed by atoms with Gasteiger partial charge >= 0.3 is 0 Å². The number of rotatable bonds is 2. The first-order chi connectivity index (χ1) is 18.7. The molecule has 0 radical (unpaired) electrons. The zero-order valence-electron chi connectivity index (χ0n) is 23.7. The monoisotopic (exact) mass is 528 g/mol. The Kier molecular flexibility index (Phi) is 7.78. The molecule has 0 unspecified atom stereocenters. The number of benzene rings is 2. The molecule has 0 aliphatic carbocycles. The first-order valence-corrected chi connectivity index (χ1v) is 14.1. The van der Waals surface area contributed by atoms with Gasteiger partial charge in [-0.15, -0.1) is 0 Å². The highest BCUT2D eigenvalue weighted by Gasteiger charge is 2.39. The fourth-order valence-electron chi connectivity index (χ4n) is 6.17. The summed E-state index contributed by atoms with van der Waals surface area (Å²) >= 11 is 0. The molecule has 206 valence electrons. The number of aromatic nitrogens is 2. The van der Waals surface area contributed by atoms with Crippen LogP contribution in [0, 0.1) is 12.3 Å². The number of carbonyl (C=O) groups excluding carboxylic acids is 2. The zero-order valence-corrected chi connectivity index (χ0v) is 23.7. The molecule has 0 bridgehead atoms. The number of nitrogens with zero attached hydrogens (tertiary/aromatic N) is 4. The van der Waals surface area contributed by atoms with Crippen molar-refractivity contribution in [2.45, 2.75) is 58.5 Å². The standard InChI is InChI=1S/C32H40N4O3/c1-23-12-14-25(15-13-23)28-21-27(33-35(28)4)31(38)36-19-17-32(18-20-36)16-8-7-10-26-9-5-6-11-29(26)39-24(2)30(37)34(3)22-32/h5-6,9,11-15,21,24H,7-8,10,16-20,22H2,1-4H3/t24-/m1/s1. The van der Waals surface area contributed by atoms with Gasteiger partial charge in [-0.1, -0.05) is 54.4 Å². The van der Waals surface area contributed by atoms with E-state index >= 15 is 0 Å². The number of likely N-dealkylation sites (N-methyl/N-ethyl adjacent to an activating group) is 1. The molecule has 1 aromatic heterocycles. The number of piperidine rings is 1. The molecule has 39 heavy (non-hydrogen) atoms. The van der Waals surface area contributed by atoms with Gasteiger partial charge in [-0.05, 0) is 74.6 Å². The van der Waals surface area contributed by atoms with Crippen LogP contribution in [0.25, 0.3) is 11.3 Å². The van der Waals surface area contributed by atoms with Crippen molar-refractivity contribution in [3.05, 3.63) is 71.4 Å². The lowest BCUT2D eigenvalue weighted by Crippen LogP contribution is -2.50. The Bertz CT molecular complexity index is 1320. The lowest BCUT2D eigenvalue weighted by Gasteiger charge is -2.44. The van der Waals surface area contributed by atoms with Gasteiger partial charge in [-0.25, -0.2) is 0 Å². The normalized spacial score (nSPS) is 20.1. The van der Waals surface area contributed by atoms with Gasteiger partial charge < -0.3 is 14.5 Å². The van der Waals surface area contributed by atoms with Gasteiger partial charge in [0.15, 0.2) is 11.8 Å². The minimum absolute atomic E-state index is 0.000350. The number of likely N-dealkylation sites (tertiary alicyclic amines) is 1. The Balaban J connectivity index is 1.28. The van der Waals surface area contributed by atoms with E-state index in [1.54, 1.807) is 4.68 Å². The van der Waals surface area contributed by atoms with Crippen LogP contribution < -0.4 is 4.74 Å². The number of para-hydroxylation sites is 1. The Morgan fingerprint density at radius 2 is 1.72 bits per heavy atom. The molecule has 1 saturated heterocycles. The van der Waals surface area contributed by atoms with Gasteiger partial charge in [0.2, 0.25) is 0 Å². The van der Waals surface area contributed by atoms with Crippen LogP contribution in [0.5, 0.6) is 5.75 Å². The van der Waals surface area contributed by atoms with Crippen molar-refractivity contribution < 1.29 is 14.3 Å². The third-order valence-electron chi connectivity index (χ3n) is 8.53. The highest BCUT2D eigenvalue weighted by atomic mass is 16.5. The summed E-state index contributed by atoms with van der Waals surface area (Å²) in [6, 6.07) is 18.2. The van der Waals surface area contributed by atoms with Crippen molar-refractivity contribution in [1.82, 2.24) is 19.6 Å². The number of hydrogen-bond acceptors (Lipinski definition) is 4. The summed E-state index contributed by atoms with van der Waals surface area (Å²) in [5.41, 5.74) is 4.83. The predicted octanol–water partition coefficient (Wildman–Crippen LogP) is 5.27. The van der Waals surface area contributed by atoms with Crippen LogP contribution in [-0.4, -0.2) is 64.2 Å². The van der Waals surface area contributed by atoms with Gasteiger partial charge in [-0.3, -0.25) is 14.3 Å². The minimum Gasteiger partial charge on any atom is -0.481 e. The minimum atomic E-state index is -0.541. The van der Waals surface area contributed by atoms with Crippen molar-refractivity contribution in [2.24, 2.45) is 12.5 Å². The Hall–Kier alpha value is -3.61. The predicted molar refractivity (Wildman–Crippen MR) is 153 cm³/mol. The second-order valence-electron chi connectivity index (χ2n) is 11.5. The Labute approximate surface area is 231 Å². The summed E-state index contributed by atoms with van der Waals surface area (Å²) in [5.74, 6) is 0.796. The Morgan fingerprint density at radius 1 is 1.00 bits per heavy atom. The molecule has 2 amide bonds. The van der Waals surface area contributed by atoms with Gasteiger partial charge in [0.05, 0.1) is 5.69 Å². The second-order valence-corrected chi connectivity index (χ2v) is 11.5. The summed E-state index contributed by atoms with van der Waals surface area (Å²) < 4.78 is 7.91. The molecule has 2 aliphatic rings. The number of amides is 2. The van der Waals surface area contributed by atoms with E-state index in [9.17, 15) is 9.59 Å². The molecule has 2 aromatic carbocycles. The van der Waals surface area contributed by atoms with E-state index in [1.165, 1.54) is 5.56 Å². The maximum Gasteiger partial charge on any atom is 0.274 e. The van der Waals surface area contributed by atoms with Crippen LogP contribution in [0.15, 0.2) is 54.6 Å². The fourth-order valence-corrected chi connectivity index (χ4v) is 6.17. The van der Waals surface area contributed by atoms with E-state index < -0.39 is 6.10 Å². The molecule has 0 N–H and O–H groups in total. The van der Waals surface area contributed by atoms with E-state index in [4.69, 9.17) is 4.74 Å². The first-order valence-electron chi connectivity index (χ1n) is 14.1. The van der Waals surface area contributed by atoms with Crippen molar-refractivity contribution in [3.63, 3.8) is 0 Å². The van der Waals surface area contributed by atoms with Crippen LogP contribution in [0.1, 0.15) is 60.6 Å². The molecule has 0 saturated carbocycles. The fraction of sp³-hybridized carbons (Fsp3) is 0.469. The summed E-state index contributed by atoms with van der Waals surface area (Å²) in [7, 11) is 3.78. The van der Waals surface area contributed by atoms with Gasteiger partial charge in [-0.2, -0.15) is 5.10 Å². The quantitative estimate of drug-likeness (QED) is 0.455. The lowest BCUT2D eigenvalue weighted by atomic mass is 9.73. The third kappa shape index (κ3) is 5.87. The molecule has 3 aromatic rings. The van der Waals surface area contributed by atoms with E-state index in [1.807, 2.05) is 55.1 Å². The van der Waals surface area contributed by atoms with Gasteiger partial charge in [0, 0.05) is 33.7 Å². The number of ether oxygens (including phenoxy) is 1. The molecular formula is C32H40N4O3.